The average molecular weight is 398 g/mol. The number of carbonyl (C=O) groups is 1. The molecule has 3 unspecified atom stereocenters. The van der Waals surface area contributed by atoms with Crippen LogP contribution in [0.15, 0.2) is 59.1 Å². The van der Waals surface area contributed by atoms with Crippen LogP contribution in [0.1, 0.15) is 31.0 Å². The lowest BCUT2D eigenvalue weighted by atomic mass is 9.96. The summed E-state index contributed by atoms with van der Waals surface area (Å²) in [4.78, 5) is 12.4. The van der Waals surface area contributed by atoms with Gasteiger partial charge in [-0.3, -0.25) is 4.79 Å². The summed E-state index contributed by atoms with van der Waals surface area (Å²) in [5.41, 5.74) is 7.94. The molecule has 3 atom stereocenters. The summed E-state index contributed by atoms with van der Waals surface area (Å²) in [6.07, 6.45) is 0. The first kappa shape index (κ1) is 19.7. The smallest absolute Gasteiger partial charge is 0.225 e. The van der Waals surface area contributed by atoms with E-state index in [1.165, 1.54) is 0 Å². The fraction of sp³-hybridized carbons (Fsp3) is 0.278. The van der Waals surface area contributed by atoms with Gasteiger partial charge in [0.25, 0.3) is 0 Å². The van der Waals surface area contributed by atoms with Crippen molar-refractivity contribution in [3.63, 3.8) is 0 Å². The number of benzene rings is 2. The number of nitrogens with two attached hydrogens (primary N) is 1. The molecule has 0 radical (unpaired) electrons. The molecule has 1 amide bonds. The average Bonchev–Trinajstić information content (AvgIpc) is 2.53. The van der Waals surface area contributed by atoms with E-state index in [1.807, 2.05) is 68.4 Å². The van der Waals surface area contributed by atoms with Gasteiger partial charge in [-0.15, -0.1) is 12.4 Å². The van der Waals surface area contributed by atoms with Crippen LogP contribution in [-0.2, 0) is 4.79 Å². The van der Waals surface area contributed by atoms with Gasteiger partial charge >= 0.3 is 0 Å². The summed E-state index contributed by atoms with van der Waals surface area (Å²) in [5, 5.41) is 3.12. The fourth-order valence-electron chi connectivity index (χ4n) is 2.17. The van der Waals surface area contributed by atoms with Crippen molar-refractivity contribution in [1.29, 1.82) is 0 Å². The zero-order chi connectivity index (χ0) is 16.1. The molecule has 0 aliphatic carbocycles. The Morgan fingerprint density at radius 2 is 1.52 bits per heavy atom. The summed E-state index contributed by atoms with van der Waals surface area (Å²) in [7, 11) is 0. The summed E-state index contributed by atoms with van der Waals surface area (Å²) in [5.74, 6) is -0.270. The van der Waals surface area contributed by atoms with Crippen molar-refractivity contribution in [2.75, 3.05) is 0 Å². The molecule has 5 heteroatoms. The number of amides is 1. The molecule has 2 aromatic carbocycles. The van der Waals surface area contributed by atoms with Crippen LogP contribution in [0.2, 0.25) is 0 Å². The topological polar surface area (TPSA) is 55.1 Å². The number of rotatable bonds is 5. The molecule has 0 aliphatic rings. The SMILES string of the molecule is CC(N)C(C)C(=O)NC(c1ccccc1)c1ccc(Br)cc1.Cl. The second kappa shape index (κ2) is 9.06. The number of carbonyl (C=O) groups excluding carboxylic acids is 1. The Kier molecular flexibility index (Phi) is 7.76. The minimum atomic E-state index is -0.235. The first-order valence-corrected chi connectivity index (χ1v) is 8.14. The standard InChI is InChI=1S/C18H21BrN2O.ClH/c1-12(13(2)20)18(22)21-17(14-6-4-3-5-7-14)15-8-10-16(19)11-9-15;/h3-13,17H,20H2,1-2H3,(H,21,22);1H. The van der Waals surface area contributed by atoms with Gasteiger partial charge in [0.2, 0.25) is 5.91 Å². The summed E-state index contributed by atoms with van der Waals surface area (Å²) >= 11 is 3.44. The van der Waals surface area contributed by atoms with Gasteiger partial charge in [-0.25, -0.2) is 0 Å². The van der Waals surface area contributed by atoms with E-state index in [-0.39, 0.29) is 36.3 Å². The summed E-state index contributed by atoms with van der Waals surface area (Å²) in [6, 6.07) is 17.6. The van der Waals surface area contributed by atoms with Gasteiger partial charge in [-0.1, -0.05) is 65.3 Å². The molecule has 0 saturated heterocycles. The monoisotopic (exact) mass is 396 g/mol. The van der Waals surface area contributed by atoms with E-state index >= 15 is 0 Å². The van der Waals surface area contributed by atoms with E-state index in [4.69, 9.17) is 5.73 Å². The van der Waals surface area contributed by atoms with E-state index in [9.17, 15) is 4.79 Å². The molecule has 124 valence electrons. The Morgan fingerprint density at radius 3 is 2.04 bits per heavy atom. The lowest BCUT2D eigenvalue weighted by Crippen LogP contribution is -2.40. The van der Waals surface area contributed by atoms with Crippen LogP contribution in [0.5, 0.6) is 0 Å². The van der Waals surface area contributed by atoms with Crippen molar-refractivity contribution >= 4 is 34.2 Å². The molecule has 2 aromatic rings. The van der Waals surface area contributed by atoms with Crippen molar-refractivity contribution < 1.29 is 4.79 Å². The van der Waals surface area contributed by atoms with E-state index in [0.717, 1.165) is 15.6 Å². The van der Waals surface area contributed by atoms with Crippen molar-refractivity contribution in [3.05, 3.63) is 70.2 Å². The Labute approximate surface area is 152 Å². The Hall–Kier alpha value is -1.36. The van der Waals surface area contributed by atoms with E-state index in [1.54, 1.807) is 0 Å². The van der Waals surface area contributed by atoms with Gasteiger partial charge in [0.1, 0.15) is 0 Å². The minimum absolute atomic E-state index is 0. The lowest BCUT2D eigenvalue weighted by molar-refractivity contribution is -0.125. The first-order valence-electron chi connectivity index (χ1n) is 7.35. The van der Waals surface area contributed by atoms with Crippen LogP contribution in [0.3, 0.4) is 0 Å². The van der Waals surface area contributed by atoms with Crippen LogP contribution in [-0.4, -0.2) is 11.9 Å². The number of hydrogen-bond acceptors (Lipinski definition) is 2. The predicted molar refractivity (Wildman–Crippen MR) is 101 cm³/mol. The van der Waals surface area contributed by atoms with Crippen LogP contribution < -0.4 is 11.1 Å². The maximum Gasteiger partial charge on any atom is 0.225 e. The molecule has 3 N–H and O–H groups in total. The van der Waals surface area contributed by atoms with Gasteiger partial charge in [-0.05, 0) is 30.2 Å². The zero-order valence-corrected chi connectivity index (χ0v) is 15.6. The lowest BCUT2D eigenvalue weighted by Gasteiger charge is -2.23. The van der Waals surface area contributed by atoms with E-state index in [0.29, 0.717) is 0 Å². The third kappa shape index (κ3) is 5.34. The minimum Gasteiger partial charge on any atom is -0.345 e. The molecule has 23 heavy (non-hydrogen) atoms. The van der Waals surface area contributed by atoms with E-state index < -0.39 is 0 Å². The molecular formula is C18H22BrClN2O. The maximum absolute atomic E-state index is 12.4. The van der Waals surface area contributed by atoms with Gasteiger partial charge in [0.15, 0.2) is 0 Å². The Bertz CT molecular complexity index is 617. The Morgan fingerprint density at radius 1 is 1.00 bits per heavy atom. The van der Waals surface area contributed by atoms with Crippen LogP contribution >= 0.6 is 28.3 Å². The molecular weight excluding hydrogens is 376 g/mol. The normalized spacial score (nSPS) is 14.3. The highest BCUT2D eigenvalue weighted by Crippen LogP contribution is 2.24. The second-order valence-electron chi connectivity index (χ2n) is 5.55. The Balaban J connectivity index is 0.00000264. The van der Waals surface area contributed by atoms with Gasteiger partial charge in [0, 0.05) is 16.4 Å². The van der Waals surface area contributed by atoms with Crippen molar-refractivity contribution in [3.8, 4) is 0 Å². The quantitative estimate of drug-likeness (QED) is 0.799. The number of hydrogen-bond donors (Lipinski definition) is 2. The van der Waals surface area contributed by atoms with Crippen LogP contribution in [0, 0.1) is 5.92 Å². The zero-order valence-electron chi connectivity index (χ0n) is 13.2. The molecule has 0 aromatic heterocycles. The first-order chi connectivity index (χ1) is 10.5. The van der Waals surface area contributed by atoms with Crippen LogP contribution in [0.25, 0.3) is 0 Å². The highest BCUT2D eigenvalue weighted by Gasteiger charge is 2.22. The molecule has 0 fully saturated rings. The van der Waals surface area contributed by atoms with Gasteiger partial charge < -0.3 is 11.1 Å². The van der Waals surface area contributed by atoms with E-state index in [2.05, 4.69) is 21.2 Å². The number of nitrogens with one attached hydrogen (secondary N) is 1. The summed E-state index contributed by atoms with van der Waals surface area (Å²) in [6.45, 7) is 3.70. The van der Waals surface area contributed by atoms with Crippen LogP contribution in [0.4, 0.5) is 0 Å². The van der Waals surface area contributed by atoms with Gasteiger partial charge in [0.05, 0.1) is 6.04 Å². The highest BCUT2D eigenvalue weighted by molar-refractivity contribution is 9.10. The molecule has 0 spiro atoms. The molecule has 2 rings (SSSR count). The predicted octanol–water partition coefficient (Wildman–Crippen LogP) is 4.06. The van der Waals surface area contributed by atoms with Crippen molar-refractivity contribution in [2.24, 2.45) is 11.7 Å². The maximum atomic E-state index is 12.4. The third-order valence-corrected chi connectivity index (χ3v) is 4.35. The molecule has 0 saturated carbocycles. The molecule has 0 aliphatic heterocycles. The molecule has 3 nitrogen and oxygen atoms in total. The summed E-state index contributed by atoms with van der Waals surface area (Å²) < 4.78 is 1.01. The highest BCUT2D eigenvalue weighted by atomic mass is 79.9. The van der Waals surface area contributed by atoms with Crippen molar-refractivity contribution in [1.82, 2.24) is 5.32 Å². The fourth-order valence-corrected chi connectivity index (χ4v) is 2.44. The molecule has 0 bridgehead atoms. The van der Waals surface area contributed by atoms with Gasteiger partial charge in [-0.2, -0.15) is 0 Å². The van der Waals surface area contributed by atoms with Crippen molar-refractivity contribution in [2.45, 2.75) is 25.9 Å². The number of halogens is 2. The second-order valence-corrected chi connectivity index (χ2v) is 6.47. The molecule has 0 heterocycles. The third-order valence-electron chi connectivity index (χ3n) is 3.83. The largest absolute Gasteiger partial charge is 0.345 e.